The third kappa shape index (κ3) is 2.67. The Balaban J connectivity index is 0.000000810. The van der Waals surface area contributed by atoms with E-state index in [1.54, 1.807) is 6.20 Å². The van der Waals surface area contributed by atoms with Crippen molar-refractivity contribution in [2.45, 2.75) is 18.9 Å². The number of nitrogens with one attached hydrogen (secondary N) is 2. The van der Waals surface area contributed by atoms with E-state index in [-0.39, 0.29) is 39.7 Å². The highest BCUT2D eigenvalue weighted by Gasteiger charge is 2.19. The molecule has 3 heterocycles. The summed E-state index contributed by atoms with van der Waals surface area (Å²) in [7, 11) is 0. The number of hydrogen-bond acceptors (Lipinski definition) is 3. The lowest BCUT2D eigenvalue weighted by molar-refractivity contribution is 0.368. The lowest BCUT2D eigenvalue weighted by Gasteiger charge is -2.23. The summed E-state index contributed by atoms with van der Waals surface area (Å²) < 4.78 is 1.85. The van der Waals surface area contributed by atoms with E-state index in [9.17, 15) is 4.79 Å². The van der Waals surface area contributed by atoms with Crippen molar-refractivity contribution in [3.05, 3.63) is 28.8 Å². The van der Waals surface area contributed by atoms with Crippen LogP contribution in [0, 0.1) is 0 Å². The molecule has 5 nitrogen and oxygen atoms in total. The predicted molar refractivity (Wildman–Crippen MR) is 82.1 cm³/mol. The van der Waals surface area contributed by atoms with E-state index >= 15 is 0 Å². The first-order valence-corrected chi connectivity index (χ1v) is 5.62. The van der Waals surface area contributed by atoms with Gasteiger partial charge in [-0.2, -0.15) is 0 Å². The number of piperidine rings is 1. The maximum Gasteiger partial charge on any atom is 0.327 e. The number of rotatable bonds is 1. The second kappa shape index (κ2) is 6.49. The molecule has 0 saturated carbocycles. The summed E-state index contributed by atoms with van der Waals surface area (Å²) in [5.74, 6) is 0. The summed E-state index contributed by atoms with van der Waals surface area (Å²) in [6.45, 7) is 1.95. The van der Waals surface area contributed by atoms with Gasteiger partial charge in [-0.3, -0.25) is 9.55 Å². The Kier molecular flexibility index (Phi) is 5.55. The summed E-state index contributed by atoms with van der Waals surface area (Å²) in [5, 5.41) is 3.30. The Morgan fingerprint density at radius 3 is 2.72 bits per heavy atom. The van der Waals surface area contributed by atoms with Crippen LogP contribution in [0.2, 0.25) is 0 Å². The molecule has 1 aliphatic rings. The fraction of sp³-hybridized carbons (Fsp3) is 0.455. The molecule has 2 aromatic heterocycles. The first-order valence-electron chi connectivity index (χ1n) is 5.62. The van der Waals surface area contributed by atoms with Gasteiger partial charge < -0.3 is 5.32 Å². The standard InChI is InChI=1S/C11H14N4O.2BrH/c16-11-14-10-9(2-1-5-13-10)15(11)8-3-6-12-7-4-8;;/h1-2,5,8,12H,3-4,6-7H2,(H,13,14,16);2*1H. The molecular weight excluding hydrogens is 364 g/mol. The number of aromatic amines is 1. The van der Waals surface area contributed by atoms with Crippen LogP contribution >= 0.6 is 34.0 Å². The van der Waals surface area contributed by atoms with Crippen LogP contribution in [0.15, 0.2) is 23.1 Å². The van der Waals surface area contributed by atoms with Gasteiger partial charge in [0.15, 0.2) is 5.65 Å². The molecular formula is C11H16Br2N4O. The summed E-state index contributed by atoms with van der Waals surface area (Å²) in [6, 6.07) is 4.11. The minimum Gasteiger partial charge on any atom is -0.317 e. The molecule has 1 aliphatic heterocycles. The largest absolute Gasteiger partial charge is 0.327 e. The number of hydrogen-bond donors (Lipinski definition) is 2. The molecule has 3 rings (SSSR count). The van der Waals surface area contributed by atoms with Crippen LogP contribution in [-0.4, -0.2) is 27.6 Å². The fourth-order valence-electron chi connectivity index (χ4n) is 2.39. The van der Waals surface area contributed by atoms with Gasteiger partial charge in [0.05, 0.1) is 5.52 Å². The number of nitrogens with zero attached hydrogens (tertiary/aromatic N) is 2. The minimum absolute atomic E-state index is 0. The fourth-order valence-corrected chi connectivity index (χ4v) is 2.39. The molecule has 0 bridgehead atoms. The first kappa shape index (κ1) is 15.4. The van der Waals surface area contributed by atoms with E-state index in [1.165, 1.54) is 0 Å². The summed E-state index contributed by atoms with van der Waals surface area (Å²) >= 11 is 0. The van der Waals surface area contributed by atoms with Crippen LogP contribution in [0.5, 0.6) is 0 Å². The molecule has 0 amide bonds. The normalized spacial score (nSPS) is 16.0. The zero-order valence-electron chi connectivity index (χ0n) is 9.76. The van der Waals surface area contributed by atoms with Crippen LogP contribution < -0.4 is 11.0 Å². The number of fused-ring (bicyclic) bond motifs is 1. The van der Waals surface area contributed by atoms with Crippen molar-refractivity contribution in [2.75, 3.05) is 13.1 Å². The molecule has 0 aromatic carbocycles. The van der Waals surface area contributed by atoms with E-state index < -0.39 is 0 Å². The van der Waals surface area contributed by atoms with E-state index in [2.05, 4.69) is 15.3 Å². The lowest BCUT2D eigenvalue weighted by Crippen LogP contribution is -2.33. The van der Waals surface area contributed by atoms with E-state index in [0.717, 1.165) is 31.4 Å². The Hall–Kier alpha value is -0.660. The average molecular weight is 380 g/mol. The van der Waals surface area contributed by atoms with Gasteiger partial charge in [0.1, 0.15) is 0 Å². The Morgan fingerprint density at radius 1 is 1.28 bits per heavy atom. The summed E-state index contributed by atoms with van der Waals surface area (Å²) in [5.41, 5.74) is 1.56. The van der Waals surface area contributed by atoms with Crippen molar-refractivity contribution in [3.8, 4) is 0 Å². The molecule has 0 aliphatic carbocycles. The highest BCUT2D eigenvalue weighted by molar-refractivity contribution is 8.93. The van der Waals surface area contributed by atoms with Gasteiger partial charge in [-0.25, -0.2) is 9.78 Å². The van der Waals surface area contributed by atoms with Crippen molar-refractivity contribution in [1.29, 1.82) is 0 Å². The van der Waals surface area contributed by atoms with Crippen LogP contribution in [0.25, 0.3) is 11.2 Å². The minimum atomic E-state index is -0.0411. The molecule has 0 spiro atoms. The zero-order valence-corrected chi connectivity index (χ0v) is 13.2. The van der Waals surface area contributed by atoms with Crippen molar-refractivity contribution in [2.24, 2.45) is 0 Å². The maximum absolute atomic E-state index is 11.9. The van der Waals surface area contributed by atoms with Gasteiger partial charge in [0.25, 0.3) is 0 Å². The van der Waals surface area contributed by atoms with Crippen LogP contribution in [0.4, 0.5) is 0 Å². The highest BCUT2D eigenvalue weighted by atomic mass is 79.9. The van der Waals surface area contributed by atoms with Crippen molar-refractivity contribution in [3.63, 3.8) is 0 Å². The summed E-state index contributed by atoms with van der Waals surface area (Å²) in [6.07, 6.45) is 3.70. The number of H-pyrrole nitrogens is 1. The molecule has 0 radical (unpaired) electrons. The Bertz CT molecular complexity index is 559. The van der Waals surface area contributed by atoms with Crippen molar-refractivity contribution in [1.82, 2.24) is 19.9 Å². The maximum atomic E-state index is 11.9. The van der Waals surface area contributed by atoms with E-state index in [1.807, 2.05) is 16.7 Å². The van der Waals surface area contributed by atoms with Gasteiger partial charge in [-0.15, -0.1) is 34.0 Å². The van der Waals surface area contributed by atoms with Crippen molar-refractivity contribution >= 4 is 45.1 Å². The average Bonchev–Trinajstić information content (AvgIpc) is 2.66. The monoisotopic (exact) mass is 378 g/mol. The molecule has 7 heteroatoms. The number of aromatic nitrogens is 3. The molecule has 0 unspecified atom stereocenters. The zero-order chi connectivity index (χ0) is 11.0. The molecule has 100 valence electrons. The third-order valence-corrected chi connectivity index (χ3v) is 3.16. The topological polar surface area (TPSA) is 62.7 Å². The molecule has 2 N–H and O–H groups in total. The van der Waals surface area contributed by atoms with Gasteiger partial charge in [0, 0.05) is 12.2 Å². The second-order valence-corrected chi connectivity index (χ2v) is 4.15. The van der Waals surface area contributed by atoms with Gasteiger partial charge in [0.2, 0.25) is 0 Å². The predicted octanol–water partition coefficient (Wildman–Crippen LogP) is 1.80. The Labute approximate surface area is 126 Å². The SMILES string of the molecule is Br.Br.O=c1[nH]c2ncccc2n1C1CCNCC1. The Morgan fingerprint density at radius 2 is 2.00 bits per heavy atom. The number of pyridine rings is 1. The molecule has 18 heavy (non-hydrogen) atoms. The molecule has 1 saturated heterocycles. The number of imidazole rings is 1. The van der Waals surface area contributed by atoms with Gasteiger partial charge in [-0.1, -0.05) is 0 Å². The van der Waals surface area contributed by atoms with Crippen LogP contribution in [0.1, 0.15) is 18.9 Å². The summed E-state index contributed by atoms with van der Waals surface area (Å²) in [4.78, 5) is 18.9. The van der Waals surface area contributed by atoms with Gasteiger partial charge >= 0.3 is 5.69 Å². The van der Waals surface area contributed by atoms with Gasteiger partial charge in [-0.05, 0) is 38.1 Å². The molecule has 0 atom stereocenters. The van der Waals surface area contributed by atoms with Crippen molar-refractivity contribution < 1.29 is 0 Å². The van der Waals surface area contributed by atoms with E-state index in [4.69, 9.17) is 0 Å². The highest BCUT2D eigenvalue weighted by Crippen LogP contribution is 2.20. The van der Waals surface area contributed by atoms with Crippen LogP contribution in [-0.2, 0) is 0 Å². The van der Waals surface area contributed by atoms with E-state index in [0.29, 0.717) is 11.7 Å². The first-order chi connectivity index (χ1) is 7.86. The van der Waals surface area contributed by atoms with Crippen LogP contribution in [0.3, 0.4) is 0 Å². The second-order valence-electron chi connectivity index (χ2n) is 4.15. The quantitative estimate of drug-likeness (QED) is 0.794. The lowest BCUT2D eigenvalue weighted by atomic mass is 10.1. The number of halogens is 2. The third-order valence-electron chi connectivity index (χ3n) is 3.16. The molecule has 1 fully saturated rings. The smallest absolute Gasteiger partial charge is 0.317 e. The molecule has 2 aromatic rings.